The summed E-state index contributed by atoms with van der Waals surface area (Å²) >= 11 is 7.86. The molecule has 2 aromatic rings. The Labute approximate surface area is 202 Å². The fraction of sp³-hybridized carbons (Fsp3) is 0.480. The lowest BCUT2D eigenvalue weighted by Gasteiger charge is -2.37. The Hall–Kier alpha value is -2.38. The van der Waals surface area contributed by atoms with Crippen LogP contribution < -0.4 is 9.64 Å². The lowest BCUT2D eigenvalue weighted by Crippen LogP contribution is -2.41. The van der Waals surface area contributed by atoms with E-state index in [9.17, 15) is 9.59 Å². The minimum absolute atomic E-state index is 0.0243. The Morgan fingerprint density at radius 3 is 2.64 bits per heavy atom. The third-order valence-electron chi connectivity index (χ3n) is 6.68. The van der Waals surface area contributed by atoms with E-state index in [0.717, 1.165) is 34.7 Å². The molecule has 2 aliphatic heterocycles. The number of anilines is 1. The van der Waals surface area contributed by atoms with Crippen molar-refractivity contribution in [1.82, 2.24) is 4.98 Å². The molecule has 1 fully saturated rings. The first-order valence-corrected chi connectivity index (χ1v) is 12.7. The quantitative estimate of drug-likeness (QED) is 0.539. The highest BCUT2D eigenvalue weighted by Crippen LogP contribution is 2.49. The molecule has 0 saturated heterocycles. The number of aryl methyl sites for hydroxylation is 2. The van der Waals surface area contributed by atoms with E-state index in [1.54, 1.807) is 4.90 Å². The smallest absolute Gasteiger partial charge is 0.296 e. The number of hydrogen-bond donors (Lipinski definition) is 0. The number of alkyl halides is 1. The molecule has 5 rings (SSSR count). The maximum atomic E-state index is 13.8. The molecular formula is C25H27ClN2O4S. The van der Waals surface area contributed by atoms with Gasteiger partial charge in [-0.1, -0.05) is 19.1 Å². The lowest BCUT2D eigenvalue weighted by atomic mass is 9.77. The number of fused-ring (bicyclic) bond motifs is 1. The summed E-state index contributed by atoms with van der Waals surface area (Å²) in [7, 11) is 0. The molecule has 8 heteroatoms. The van der Waals surface area contributed by atoms with Gasteiger partial charge in [0.2, 0.25) is 0 Å². The molecule has 1 amide bonds. The zero-order valence-corrected chi connectivity index (χ0v) is 20.5. The number of nitrogens with zero attached hydrogens (tertiary/aromatic N) is 2. The van der Waals surface area contributed by atoms with Crippen LogP contribution in [0.25, 0.3) is 0 Å². The molecule has 4 unspecified atom stereocenters. The Balaban J connectivity index is 1.58. The fourth-order valence-corrected chi connectivity index (χ4v) is 6.11. The molecule has 0 spiro atoms. The van der Waals surface area contributed by atoms with E-state index in [4.69, 9.17) is 21.1 Å². The summed E-state index contributed by atoms with van der Waals surface area (Å²) in [6.07, 6.45) is 2.66. The first kappa shape index (κ1) is 22.4. The maximum Gasteiger partial charge on any atom is 0.296 e. The van der Waals surface area contributed by atoms with Crippen LogP contribution in [-0.4, -0.2) is 34.8 Å². The number of amides is 1. The van der Waals surface area contributed by atoms with Gasteiger partial charge in [-0.2, -0.15) is 0 Å². The second-order valence-electron chi connectivity index (χ2n) is 8.91. The van der Waals surface area contributed by atoms with Crippen LogP contribution in [0.3, 0.4) is 0 Å². The molecule has 0 radical (unpaired) electrons. The van der Waals surface area contributed by atoms with Gasteiger partial charge in [0, 0.05) is 10.3 Å². The van der Waals surface area contributed by atoms with Crippen LogP contribution in [0.4, 0.5) is 5.13 Å². The number of hydrogen-bond acceptors (Lipinski definition) is 6. The summed E-state index contributed by atoms with van der Waals surface area (Å²) < 4.78 is 11.9. The zero-order chi connectivity index (χ0) is 23.3. The van der Waals surface area contributed by atoms with Crippen molar-refractivity contribution in [3.63, 3.8) is 0 Å². The van der Waals surface area contributed by atoms with Crippen LogP contribution in [0.2, 0.25) is 0 Å². The molecule has 4 atom stereocenters. The van der Waals surface area contributed by atoms with Crippen molar-refractivity contribution in [3.05, 3.63) is 51.7 Å². The molecule has 3 heterocycles. The second kappa shape index (κ2) is 8.76. The topological polar surface area (TPSA) is 68.7 Å². The first-order valence-electron chi connectivity index (χ1n) is 11.5. The predicted octanol–water partition coefficient (Wildman–Crippen LogP) is 5.27. The van der Waals surface area contributed by atoms with Gasteiger partial charge in [0.25, 0.3) is 5.91 Å². The highest BCUT2D eigenvalue weighted by Gasteiger charge is 2.53. The Kier molecular flexibility index (Phi) is 5.95. The summed E-state index contributed by atoms with van der Waals surface area (Å²) in [6, 6.07) is 7.03. The van der Waals surface area contributed by atoms with Crippen molar-refractivity contribution >= 4 is 39.8 Å². The molecule has 174 valence electrons. The van der Waals surface area contributed by atoms with E-state index in [1.807, 2.05) is 38.1 Å². The summed E-state index contributed by atoms with van der Waals surface area (Å²) in [5.74, 6) is 0.298. The maximum absolute atomic E-state index is 13.8. The highest BCUT2D eigenvalue weighted by atomic mass is 35.5. The minimum Gasteiger partial charge on any atom is -0.494 e. The highest BCUT2D eigenvalue weighted by molar-refractivity contribution is 7.15. The zero-order valence-electron chi connectivity index (χ0n) is 19.0. The van der Waals surface area contributed by atoms with Crippen LogP contribution >= 0.6 is 22.9 Å². The van der Waals surface area contributed by atoms with E-state index in [-0.39, 0.29) is 34.8 Å². The van der Waals surface area contributed by atoms with Gasteiger partial charge in [-0.25, -0.2) is 4.98 Å². The number of aromatic nitrogens is 1. The van der Waals surface area contributed by atoms with Crippen LogP contribution in [0.15, 0.2) is 35.6 Å². The average Bonchev–Trinajstić information content (AvgIpc) is 3.29. The molecule has 1 aromatic carbocycles. The number of ether oxygens (including phenoxy) is 2. The van der Waals surface area contributed by atoms with Crippen LogP contribution in [0.1, 0.15) is 54.8 Å². The van der Waals surface area contributed by atoms with Gasteiger partial charge in [0.05, 0.1) is 29.8 Å². The van der Waals surface area contributed by atoms with Crippen molar-refractivity contribution in [2.45, 2.75) is 64.0 Å². The molecule has 1 saturated carbocycles. The molecule has 0 N–H and O–H groups in total. The molecule has 3 aliphatic rings. The Bertz CT molecular complexity index is 1110. The third-order valence-corrected chi connectivity index (χ3v) is 8.14. The number of rotatable bonds is 5. The van der Waals surface area contributed by atoms with Gasteiger partial charge in [0.15, 0.2) is 16.7 Å². The van der Waals surface area contributed by atoms with Crippen molar-refractivity contribution in [2.24, 2.45) is 5.92 Å². The van der Waals surface area contributed by atoms with E-state index >= 15 is 0 Å². The standard InChI is InChI=1S/C25H27ClN2O4S/c1-4-11-31-17-8-5-15(6-9-17)21-20-22(29)18-12-16(26)7-10-19(18)32-23(20)24(30)28(21)25-27-13(2)14(3)33-25/h5-6,8-9,16,18-19,21H,4,7,10-12H2,1-3H3. The van der Waals surface area contributed by atoms with Gasteiger partial charge in [-0.3, -0.25) is 14.5 Å². The number of carbonyl (C=O) groups excluding carboxylic acids is 2. The third kappa shape index (κ3) is 3.85. The van der Waals surface area contributed by atoms with Crippen molar-refractivity contribution in [2.75, 3.05) is 11.5 Å². The van der Waals surface area contributed by atoms with Crippen molar-refractivity contribution in [3.8, 4) is 5.75 Å². The predicted molar refractivity (Wildman–Crippen MR) is 128 cm³/mol. The van der Waals surface area contributed by atoms with Gasteiger partial charge in [-0.15, -0.1) is 22.9 Å². The molecule has 1 aliphatic carbocycles. The van der Waals surface area contributed by atoms with E-state index in [0.29, 0.717) is 30.2 Å². The summed E-state index contributed by atoms with van der Waals surface area (Å²) in [5, 5.41) is 0.530. The summed E-state index contributed by atoms with van der Waals surface area (Å²) in [4.78, 5) is 34.7. The number of Topliss-reactive ketones (excluding diaryl/α,β-unsaturated/α-hetero) is 1. The number of benzene rings is 1. The summed E-state index contributed by atoms with van der Waals surface area (Å²) in [6.45, 7) is 6.60. The summed E-state index contributed by atoms with van der Waals surface area (Å²) in [5.41, 5.74) is 2.14. The van der Waals surface area contributed by atoms with Gasteiger partial charge in [-0.05, 0) is 57.2 Å². The minimum atomic E-state index is -0.582. The number of halogens is 1. The lowest BCUT2D eigenvalue weighted by molar-refractivity contribution is -0.131. The van der Waals surface area contributed by atoms with Crippen molar-refractivity contribution in [1.29, 1.82) is 0 Å². The molecule has 6 nitrogen and oxygen atoms in total. The number of thiazole rings is 1. The SMILES string of the molecule is CCCOc1ccc(C2C3=C(OC4CCC(Cl)CC4C3=O)C(=O)N2c2nc(C)c(C)s2)cc1. The molecule has 1 aromatic heterocycles. The largest absolute Gasteiger partial charge is 0.494 e. The van der Waals surface area contributed by atoms with E-state index in [2.05, 4.69) is 11.9 Å². The Morgan fingerprint density at radius 2 is 1.97 bits per heavy atom. The number of carbonyl (C=O) groups is 2. The van der Waals surface area contributed by atoms with Crippen LogP contribution in [0.5, 0.6) is 5.75 Å². The van der Waals surface area contributed by atoms with Gasteiger partial charge in [0.1, 0.15) is 11.9 Å². The molecular weight excluding hydrogens is 460 g/mol. The normalized spacial score (nSPS) is 26.8. The van der Waals surface area contributed by atoms with E-state index < -0.39 is 6.04 Å². The van der Waals surface area contributed by atoms with E-state index in [1.165, 1.54) is 11.3 Å². The average molecular weight is 487 g/mol. The van der Waals surface area contributed by atoms with Gasteiger partial charge >= 0.3 is 0 Å². The molecule has 33 heavy (non-hydrogen) atoms. The molecule has 0 bridgehead atoms. The van der Waals surface area contributed by atoms with Crippen molar-refractivity contribution < 1.29 is 19.1 Å². The van der Waals surface area contributed by atoms with Crippen LogP contribution in [0, 0.1) is 19.8 Å². The second-order valence-corrected chi connectivity index (χ2v) is 10.7. The Morgan fingerprint density at radius 1 is 1.21 bits per heavy atom. The first-order chi connectivity index (χ1) is 15.9. The van der Waals surface area contributed by atoms with Gasteiger partial charge < -0.3 is 9.47 Å². The fourth-order valence-electron chi connectivity index (χ4n) is 4.85. The number of ketones is 1. The van der Waals surface area contributed by atoms with Crippen LogP contribution in [-0.2, 0) is 14.3 Å². The monoisotopic (exact) mass is 486 g/mol.